The molecule has 33 nitrogen and oxygen atoms in total. The molecule has 34 heteroatoms. The number of morpholine rings is 1. The molecular formula is C95H131N22O11P. The number of fused-ring (bicyclic) bond motifs is 4. The summed E-state index contributed by atoms with van der Waals surface area (Å²) in [5, 5.41) is 6.43. The molecule has 17 rings (SSSR count). The Bertz CT molecular complexity index is 4980. The lowest BCUT2D eigenvalue weighted by Gasteiger charge is -2.30. The first-order chi connectivity index (χ1) is 62.8. The number of nitrogen functional groups attached to an aromatic ring is 4. The van der Waals surface area contributed by atoms with E-state index in [1.165, 1.54) is 105 Å². The molecule has 4 aromatic heterocycles. The molecular weight excluding hydrogens is 1660 g/mol. The van der Waals surface area contributed by atoms with E-state index in [1.54, 1.807) is 13.8 Å². The van der Waals surface area contributed by atoms with E-state index in [1.807, 2.05) is 19.6 Å². The fourth-order valence-electron chi connectivity index (χ4n) is 17.9. The van der Waals surface area contributed by atoms with Gasteiger partial charge in [-0.25, -0.2) is 0 Å². The minimum Gasteiger partial charge on any atom is -0.463 e. The fraction of sp³-hybridized carbons (Fsp3) is 0.537. The highest BCUT2D eigenvalue weighted by Gasteiger charge is 2.34. The summed E-state index contributed by atoms with van der Waals surface area (Å²) in [7, 11) is -3.18. The molecule has 9 aliphatic heterocycles. The van der Waals surface area contributed by atoms with Crippen LogP contribution in [0.1, 0.15) is 172 Å². The van der Waals surface area contributed by atoms with Crippen LogP contribution in [0, 0.1) is 0 Å². The summed E-state index contributed by atoms with van der Waals surface area (Å²) in [4.78, 5) is 104. The van der Waals surface area contributed by atoms with Crippen molar-refractivity contribution in [3.63, 3.8) is 0 Å². The van der Waals surface area contributed by atoms with Crippen molar-refractivity contribution in [2.24, 2.45) is 0 Å². The number of benzene rings is 4. The van der Waals surface area contributed by atoms with Crippen LogP contribution >= 0.6 is 7.60 Å². The third-order valence-electron chi connectivity index (χ3n) is 24.3. The van der Waals surface area contributed by atoms with Crippen LogP contribution in [0.25, 0.3) is 0 Å². The van der Waals surface area contributed by atoms with Gasteiger partial charge in [0, 0.05) is 127 Å². The minimum absolute atomic E-state index is 0.0843. The number of rotatable bonds is 34. The zero-order valence-electron chi connectivity index (χ0n) is 75.7. The van der Waals surface area contributed by atoms with E-state index in [0.717, 1.165) is 133 Å². The van der Waals surface area contributed by atoms with Gasteiger partial charge in [-0.15, -0.1) is 0 Å². The summed E-state index contributed by atoms with van der Waals surface area (Å²) in [6, 6.07) is 35.1. The molecule has 0 spiro atoms. The van der Waals surface area contributed by atoms with Crippen LogP contribution in [0.2, 0.25) is 0 Å². The van der Waals surface area contributed by atoms with Crippen molar-refractivity contribution in [1.29, 1.82) is 0 Å². The third kappa shape index (κ3) is 27.3. The fourth-order valence-corrected chi connectivity index (χ4v) is 19.4. The molecule has 1 atom stereocenters. The summed E-state index contributed by atoms with van der Waals surface area (Å²) in [6.07, 6.45) is 15.1. The highest BCUT2D eigenvalue weighted by molar-refractivity contribution is 7.53. The molecule has 129 heavy (non-hydrogen) atoms. The van der Waals surface area contributed by atoms with E-state index >= 15 is 0 Å². The number of likely N-dealkylation sites (tertiary alicyclic amines) is 3. The molecule has 0 bridgehead atoms. The normalized spacial score (nSPS) is 17.9. The van der Waals surface area contributed by atoms with Crippen LogP contribution in [-0.2, 0) is 120 Å². The topological polar surface area (TPSA) is 398 Å². The van der Waals surface area contributed by atoms with E-state index in [0.29, 0.717) is 156 Å². The molecule has 5 fully saturated rings. The van der Waals surface area contributed by atoms with Crippen molar-refractivity contribution in [3.8, 4) is 12.0 Å². The van der Waals surface area contributed by atoms with Crippen LogP contribution in [0.15, 0.2) is 97.1 Å². The van der Waals surface area contributed by atoms with E-state index in [2.05, 4.69) is 171 Å². The number of aromatic nitrogens is 8. The molecule has 9 aliphatic rings. The summed E-state index contributed by atoms with van der Waals surface area (Å²) >= 11 is 0. The number of piperidine rings is 1. The molecule has 0 aliphatic carbocycles. The lowest BCUT2D eigenvalue weighted by molar-refractivity contribution is -0.118. The lowest BCUT2D eigenvalue weighted by atomic mass is 10.0. The first-order valence-electron chi connectivity index (χ1n) is 46.5. The van der Waals surface area contributed by atoms with Gasteiger partial charge >= 0.3 is 19.6 Å². The second-order valence-corrected chi connectivity index (χ2v) is 37.0. The van der Waals surface area contributed by atoms with Crippen molar-refractivity contribution < 1.29 is 51.7 Å². The standard InChI is InChI=1S/C25H37N6O4P.C24H33N5O2.C23H30N6O2.C23H31N5O3/c1-3-34-36(33,35-4-2)13-10-27-25-28-23(26)22-15-21(32)18-31(24(22)29-25)17-20-9-7-8-19(14-20)16-30-11-5-6-12-30;1-2-3-12-31-24-26-22(25)21-14-20(30)17-29(23(21)27-24)16-19-9-7-8-18(13-19)15-28-10-5-4-6-11-28;24-21-20-11-19(30)14-29(22(20)27-23(26-21)25-18-6-9-31-15-18)13-17-5-3-4-16(10-17)12-28-7-1-2-8-28;1-2-3-9-31-23-25-21(24)20-13-19(29)16-28(22(20)26-23)15-18-6-4-5-17(12-18)14-27-7-10-30-11-8-27/h7-9,14H,3-6,10-13,15-18H2,1-2H3,(H3,26,27,28,29);7-9,13H,2-6,10-12,14-17H2,1H3,(H2,25,26,27);3-5,10,18H,1-2,6-9,11-15H2,(H3,24,25,26,27);4-6,12H,2-3,7-11,13-16H2,1H3,(H2,24,25,26)/t;;18-;/m..1./s1. The highest BCUT2D eigenvalue weighted by atomic mass is 31.2. The number of anilines is 10. The van der Waals surface area contributed by atoms with Gasteiger partial charge in [0.25, 0.3) is 0 Å². The Morgan fingerprint density at radius 3 is 1.09 bits per heavy atom. The first-order valence-corrected chi connectivity index (χ1v) is 48.2. The van der Waals surface area contributed by atoms with Crippen LogP contribution in [0.4, 0.5) is 58.4 Å². The van der Waals surface area contributed by atoms with Gasteiger partial charge in [0.15, 0.2) is 23.1 Å². The molecule has 0 unspecified atom stereocenters. The van der Waals surface area contributed by atoms with Crippen molar-refractivity contribution in [2.45, 2.75) is 189 Å². The van der Waals surface area contributed by atoms with Crippen molar-refractivity contribution in [2.75, 3.05) is 197 Å². The molecule has 10 N–H and O–H groups in total. The summed E-state index contributed by atoms with van der Waals surface area (Å²) in [5.74, 6) is 5.49. The van der Waals surface area contributed by atoms with Crippen LogP contribution in [-0.4, -0.2) is 233 Å². The number of ketones is 4. The van der Waals surface area contributed by atoms with Crippen molar-refractivity contribution in [3.05, 3.63) is 164 Å². The molecule has 0 saturated carbocycles. The Balaban J connectivity index is 0.000000139. The largest absolute Gasteiger partial charge is 0.463 e. The Morgan fingerprint density at radius 2 is 0.736 bits per heavy atom. The Labute approximate surface area is 758 Å². The van der Waals surface area contributed by atoms with Crippen LogP contribution < -0.4 is 62.6 Å². The molecule has 0 amide bonds. The molecule has 4 aromatic carbocycles. The summed E-state index contributed by atoms with van der Waals surface area (Å²) in [5.41, 5.74) is 37.4. The molecule has 5 saturated heterocycles. The zero-order chi connectivity index (χ0) is 90.0. The average molecular weight is 1790 g/mol. The number of nitrogens with two attached hydrogens (primary N) is 4. The molecule has 0 radical (unpaired) electrons. The summed E-state index contributed by atoms with van der Waals surface area (Å²) < 4.78 is 45.7. The Morgan fingerprint density at radius 1 is 0.403 bits per heavy atom. The average Bonchev–Trinajstić information content (AvgIpc) is 1.75. The van der Waals surface area contributed by atoms with Crippen molar-refractivity contribution >= 4 is 89.2 Å². The van der Waals surface area contributed by atoms with Gasteiger partial charge in [-0.3, -0.25) is 43.3 Å². The molecule has 13 heterocycles. The maximum absolute atomic E-state index is 12.7. The van der Waals surface area contributed by atoms with Gasteiger partial charge in [-0.1, -0.05) is 130 Å². The monoisotopic (exact) mass is 1790 g/mol. The zero-order valence-corrected chi connectivity index (χ0v) is 76.6. The van der Waals surface area contributed by atoms with E-state index in [-0.39, 0.29) is 73.0 Å². The van der Waals surface area contributed by atoms with Gasteiger partial charge in [0.1, 0.15) is 46.5 Å². The van der Waals surface area contributed by atoms with Gasteiger partial charge in [0.2, 0.25) is 11.9 Å². The first kappa shape index (κ1) is 94.5. The quantitative estimate of drug-likeness (QED) is 0.0161. The van der Waals surface area contributed by atoms with Gasteiger partial charge in [-0.2, -0.15) is 39.9 Å². The Hall–Kier alpha value is -10.6. The number of ether oxygens (including phenoxy) is 4. The highest BCUT2D eigenvalue weighted by Crippen LogP contribution is 2.48. The number of hydrogen-bond acceptors (Lipinski definition) is 33. The molecule has 692 valence electrons. The predicted octanol–water partition coefficient (Wildman–Crippen LogP) is 11.0. The number of nitrogens with one attached hydrogen (secondary N) is 2. The number of unbranched alkanes of at least 4 members (excludes halogenated alkanes) is 2. The smallest absolute Gasteiger partial charge is 0.332 e. The number of hydrogen-bond donors (Lipinski definition) is 6. The summed E-state index contributed by atoms with van der Waals surface area (Å²) in [6.45, 7) is 29.1. The van der Waals surface area contributed by atoms with Crippen LogP contribution in [0.5, 0.6) is 12.0 Å². The SMILES string of the molecule is CCCCOc1nc(N)c2c(n1)N(Cc1cccc(CN3CCCCC3)c1)CC(=O)C2.CCCCOc1nc(N)c2c(n1)N(Cc1cccc(CN3CCOCC3)c1)CC(=O)C2.CCOP(=O)(CCNc1nc(N)c2c(n1)N(Cc1cccc(CN3CCCC3)c1)CC(=O)C2)OCC.Nc1nc(N[C@@H]2CCOC2)nc2c1CC(=O)CN2Cc1cccc(CN2CCCC2)c1. The maximum Gasteiger partial charge on any atom is 0.332 e. The van der Waals surface area contributed by atoms with Crippen LogP contribution in [0.3, 0.4) is 0 Å². The second-order valence-electron chi connectivity index (χ2n) is 34.8. The lowest BCUT2D eigenvalue weighted by Crippen LogP contribution is -2.37. The van der Waals surface area contributed by atoms with E-state index < -0.39 is 7.60 Å². The van der Waals surface area contributed by atoms with E-state index in [4.69, 9.17) is 60.9 Å². The van der Waals surface area contributed by atoms with Gasteiger partial charge in [0.05, 0.1) is 84.6 Å². The number of Topliss-reactive ketones (excluding diaryl/α,β-unsaturated/α-hetero) is 4. The Kier molecular flexibility index (Phi) is 34.3. The minimum atomic E-state index is -3.18. The molecule has 8 aromatic rings. The van der Waals surface area contributed by atoms with Crippen molar-refractivity contribution in [1.82, 2.24) is 59.5 Å². The maximum atomic E-state index is 12.7. The van der Waals surface area contributed by atoms with Gasteiger partial charge in [-0.05, 0) is 155 Å². The predicted molar refractivity (Wildman–Crippen MR) is 503 cm³/mol. The number of carbonyl (C=O) groups is 4. The second kappa shape index (κ2) is 46.8. The third-order valence-corrected chi connectivity index (χ3v) is 26.3. The number of nitrogens with zero attached hydrogens (tertiary/aromatic N) is 16. The number of carbonyl (C=O) groups excluding carboxylic acids is 4. The van der Waals surface area contributed by atoms with Gasteiger partial charge < -0.3 is 81.2 Å². The van der Waals surface area contributed by atoms with E-state index in [9.17, 15) is 23.7 Å².